The first-order valence-corrected chi connectivity index (χ1v) is 8.19. The number of aryl methyl sites for hydroxylation is 1. The Morgan fingerprint density at radius 2 is 2.30 bits per heavy atom. The highest BCUT2D eigenvalue weighted by molar-refractivity contribution is 7.88. The predicted molar refractivity (Wildman–Crippen MR) is 72.8 cm³/mol. The average molecular weight is 302 g/mol. The molecule has 8 nitrogen and oxygen atoms in total. The fraction of sp³-hybridized carbons (Fsp3) is 0.636. The van der Waals surface area contributed by atoms with Crippen LogP contribution in [0.5, 0.6) is 0 Å². The Bertz CT molecular complexity index is 583. The fourth-order valence-corrected chi connectivity index (χ4v) is 2.97. The number of sulfonamides is 1. The van der Waals surface area contributed by atoms with Crippen LogP contribution in [0.25, 0.3) is 0 Å². The number of carbonyl (C=O) groups excluding carboxylic acids is 1. The van der Waals surface area contributed by atoms with Gasteiger partial charge >= 0.3 is 6.03 Å². The monoisotopic (exact) mass is 302 g/mol. The van der Waals surface area contributed by atoms with Crippen molar-refractivity contribution in [3.63, 3.8) is 0 Å². The molecule has 0 aliphatic carbocycles. The third kappa shape index (κ3) is 4.20. The van der Waals surface area contributed by atoms with Crippen LogP contribution in [-0.2, 0) is 10.0 Å². The Morgan fingerprint density at radius 3 is 2.90 bits per heavy atom. The highest BCUT2D eigenvalue weighted by Crippen LogP contribution is 2.13. The predicted octanol–water partition coefficient (Wildman–Crippen LogP) is 0.529. The number of amides is 2. The van der Waals surface area contributed by atoms with E-state index in [0.717, 1.165) is 19.1 Å². The first kappa shape index (κ1) is 14.8. The molecule has 0 aromatic carbocycles. The van der Waals surface area contributed by atoms with Gasteiger partial charge in [0.2, 0.25) is 10.0 Å². The summed E-state index contributed by atoms with van der Waals surface area (Å²) in [5.41, 5.74) is 0. The van der Waals surface area contributed by atoms with Crippen LogP contribution < -0.4 is 10.0 Å². The van der Waals surface area contributed by atoms with Crippen LogP contribution in [-0.4, -0.2) is 49.9 Å². The Hall–Kier alpha value is -1.61. The molecule has 1 aliphatic rings. The van der Waals surface area contributed by atoms with Crippen molar-refractivity contribution in [2.24, 2.45) is 0 Å². The highest BCUT2D eigenvalue weighted by Gasteiger charge is 2.25. The van der Waals surface area contributed by atoms with E-state index < -0.39 is 10.0 Å². The van der Waals surface area contributed by atoms with E-state index in [4.69, 9.17) is 4.52 Å². The van der Waals surface area contributed by atoms with Crippen molar-refractivity contribution in [2.45, 2.75) is 25.8 Å². The lowest BCUT2D eigenvalue weighted by atomic mass is 10.1. The zero-order valence-electron chi connectivity index (χ0n) is 11.4. The average Bonchev–Trinajstić information content (AvgIpc) is 2.73. The van der Waals surface area contributed by atoms with E-state index in [1.807, 2.05) is 0 Å². The van der Waals surface area contributed by atoms with Gasteiger partial charge in [0.15, 0.2) is 5.82 Å². The molecule has 0 saturated carbocycles. The van der Waals surface area contributed by atoms with Gasteiger partial charge in [0, 0.05) is 25.2 Å². The first-order valence-electron chi connectivity index (χ1n) is 6.30. The molecule has 112 valence electrons. The Kier molecular flexibility index (Phi) is 4.29. The number of rotatable bonds is 3. The molecule has 2 rings (SSSR count). The summed E-state index contributed by atoms with van der Waals surface area (Å²) in [7, 11) is -3.26. The van der Waals surface area contributed by atoms with E-state index in [1.54, 1.807) is 17.9 Å². The molecule has 1 saturated heterocycles. The number of hydrogen-bond acceptors (Lipinski definition) is 5. The Morgan fingerprint density at radius 1 is 1.55 bits per heavy atom. The van der Waals surface area contributed by atoms with E-state index in [9.17, 15) is 13.2 Å². The number of likely N-dealkylation sites (tertiary alicyclic amines) is 1. The van der Waals surface area contributed by atoms with Crippen molar-refractivity contribution >= 4 is 21.9 Å². The number of anilines is 1. The zero-order chi connectivity index (χ0) is 14.8. The van der Waals surface area contributed by atoms with Gasteiger partial charge < -0.3 is 9.42 Å². The van der Waals surface area contributed by atoms with Crippen molar-refractivity contribution in [1.82, 2.24) is 14.8 Å². The van der Waals surface area contributed by atoms with Gasteiger partial charge in [-0.1, -0.05) is 5.16 Å². The number of carbonyl (C=O) groups is 1. The summed E-state index contributed by atoms with van der Waals surface area (Å²) in [5.74, 6) is 0.959. The summed E-state index contributed by atoms with van der Waals surface area (Å²) in [6.07, 6.45) is 2.59. The second kappa shape index (κ2) is 5.80. The third-order valence-corrected chi connectivity index (χ3v) is 3.71. The number of nitrogens with zero attached hydrogens (tertiary/aromatic N) is 2. The summed E-state index contributed by atoms with van der Waals surface area (Å²) in [4.78, 5) is 13.6. The summed E-state index contributed by atoms with van der Waals surface area (Å²) in [6.45, 7) is 2.66. The van der Waals surface area contributed by atoms with Crippen LogP contribution in [0, 0.1) is 6.92 Å². The molecule has 1 aliphatic heterocycles. The van der Waals surface area contributed by atoms with E-state index in [0.29, 0.717) is 24.7 Å². The molecule has 1 aromatic rings. The van der Waals surface area contributed by atoms with Crippen LogP contribution in [0.15, 0.2) is 10.6 Å². The molecule has 1 unspecified atom stereocenters. The van der Waals surface area contributed by atoms with Crippen molar-refractivity contribution in [3.8, 4) is 0 Å². The molecular formula is C11H18N4O4S. The maximum Gasteiger partial charge on any atom is 0.323 e. The van der Waals surface area contributed by atoms with Gasteiger partial charge in [-0.3, -0.25) is 5.32 Å². The summed E-state index contributed by atoms with van der Waals surface area (Å²) in [6, 6.07) is 1.07. The molecule has 2 heterocycles. The van der Waals surface area contributed by atoms with Gasteiger partial charge in [0.25, 0.3) is 0 Å². The molecule has 0 spiro atoms. The molecule has 2 amide bonds. The molecule has 1 fully saturated rings. The van der Waals surface area contributed by atoms with E-state index >= 15 is 0 Å². The lowest BCUT2D eigenvalue weighted by Crippen LogP contribution is -2.50. The van der Waals surface area contributed by atoms with Crippen LogP contribution in [0.1, 0.15) is 18.6 Å². The zero-order valence-corrected chi connectivity index (χ0v) is 12.2. The molecule has 1 aromatic heterocycles. The third-order valence-electron chi connectivity index (χ3n) is 2.95. The van der Waals surface area contributed by atoms with E-state index in [2.05, 4.69) is 15.2 Å². The standard InChI is InChI=1S/C11H18N4O4S/c1-8-6-10(13-19-8)12-11(16)15-5-3-4-9(7-15)14-20(2,17)18/h6,9,14H,3-5,7H2,1-2H3,(H,12,13,16). The van der Waals surface area contributed by atoms with Gasteiger partial charge in [0.1, 0.15) is 5.76 Å². The normalized spacial score (nSPS) is 19.9. The summed E-state index contributed by atoms with van der Waals surface area (Å²) in [5, 5.41) is 6.30. The minimum atomic E-state index is -3.26. The van der Waals surface area contributed by atoms with Crippen molar-refractivity contribution in [1.29, 1.82) is 0 Å². The van der Waals surface area contributed by atoms with Gasteiger partial charge in [0.05, 0.1) is 6.26 Å². The quantitative estimate of drug-likeness (QED) is 0.847. The molecule has 0 radical (unpaired) electrons. The lowest BCUT2D eigenvalue weighted by Gasteiger charge is -2.32. The van der Waals surface area contributed by atoms with Crippen LogP contribution in [0.4, 0.5) is 10.6 Å². The van der Waals surface area contributed by atoms with Gasteiger partial charge in [-0.05, 0) is 19.8 Å². The SMILES string of the molecule is Cc1cc(NC(=O)N2CCCC(NS(C)(=O)=O)C2)no1. The highest BCUT2D eigenvalue weighted by atomic mass is 32.2. The second-order valence-corrected chi connectivity index (χ2v) is 6.71. The van der Waals surface area contributed by atoms with Crippen molar-refractivity contribution in [3.05, 3.63) is 11.8 Å². The Labute approximate surface area is 117 Å². The minimum absolute atomic E-state index is 0.247. The van der Waals surface area contributed by atoms with Crippen molar-refractivity contribution < 1.29 is 17.7 Å². The smallest absolute Gasteiger partial charge is 0.323 e. The Balaban J connectivity index is 1.93. The van der Waals surface area contributed by atoms with Crippen LogP contribution in [0.3, 0.4) is 0 Å². The molecule has 1 atom stereocenters. The van der Waals surface area contributed by atoms with Crippen molar-refractivity contribution in [2.75, 3.05) is 24.7 Å². The maximum atomic E-state index is 12.0. The molecular weight excluding hydrogens is 284 g/mol. The summed E-state index contributed by atoms with van der Waals surface area (Å²) < 4.78 is 29.8. The minimum Gasteiger partial charge on any atom is -0.360 e. The lowest BCUT2D eigenvalue weighted by molar-refractivity contribution is 0.190. The molecule has 9 heteroatoms. The number of aromatic nitrogens is 1. The van der Waals surface area contributed by atoms with Crippen LogP contribution >= 0.6 is 0 Å². The van der Waals surface area contributed by atoms with E-state index in [1.165, 1.54) is 0 Å². The number of nitrogens with one attached hydrogen (secondary N) is 2. The van der Waals surface area contributed by atoms with Crippen LogP contribution in [0.2, 0.25) is 0 Å². The van der Waals surface area contributed by atoms with Gasteiger partial charge in [-0.25, -0.2) is 17.9 Å². The number of hydrogen-bond donors (Lipinski definition) is 2. The first-order chi connectivity index (χ1) is 9.33. The maximum absolute atomic E-state index is 12.0. The topological polar surface area (TPSA) is 105 Å². The van der Waals surface area contributed by atoms with E-state index in [-0.39, 0.29) is 12.1 Å². The molecule has 2 N–H and O–H groups in total. The second-order valence-electron chi connectivity index (χ2n) is 4.93. The van der Waals surface area contributed by atoms with Gasteiger partial charge in [-0.15, -0.1) is 0 Å². The largest absolute Gasteiger partial charge is 0.360 e. The summed E-state index contributed by atoms with van der Waals surface area (Å²) >= 11 is 0. The molecule has 0 bridgehead atoms. The van der Waals surface area contributed by atoms with Gasteiger partial charge in [-0.2, -0.15) is 0 Å². The number of urea groups is 1. The number of piperidine rings is 1. The molecule has 20 heavy (non-hydrogen) atoms. The fourth-order valence-electron chi connectivity index (χ4n) is 2.17.